The van der Waals surface area contributed by atoms with Gasteiger partial charge in [-0.05, 0) is 0 Å². The van der Waals surface area contributed by atoms with E-state index in [1.807, 2.05) is 0 Å². The molecule has 0 fully saturated rings. The van der Waals surface area contributed by atoms with Crippen molar-refractivity contribution in [2.75, 3.05) is 6.61 Å². The molecule has 0 heterocycles. The molecule has 3 atom stereocenters. The Kier molecular flexibility index (Phi) is 3.24. The number of rotatable bonds is 4. The van der Waals surface area contributed by atoms with E-state index in [2.05, 4.69) is 5.40 Å². The van der Waals surface area contributed by atoms with Crippen LogP contribution in [0.1, 0.15) is 0 Å². The standard InChI is InChI=1S/C5H11NO5/c6-5(11)4(10)3(9)2(8)1-7/h2-4,7-10H,1H2,(H2,6,11)/t2-,3+,4+/m1/s1/i/hD. The topological polar surface area (TPSA) is 125 Å². The van der Waals surface area contributed by atoms with Crippen molar-refractivity contribution in [3.05, 3.63) is 0 Å². The summed E-state index contributed by atoms with van der Waals surface area (Å²) in [4.78, 5) is 0. The van der Waals surface area contributed by atoms with Gasteiger partial charge in [0.15, 0.2) is 7.52 Å². The maximum atomic E-state index is 8.90. The molecule has 0 aliphatic rings. The highest BCUT2D eigenvalue weighted by atomic mass is 16.4. The van der Waals surface area contributed by atoms with E-state index in [-0.39, 0.29) is 0 Å². The molecule has 66 valence electrons. The smallest absolute Gasteiger partial charge is 0.210 e. The van der Waals surface area contributed by atoms with Gasteiger partial charge in [0.25, 0.3) is 0 Å². The van der Waals surface area contributed by atoms with Gasteiger partial charge in [-0.15, -0.1) is 0 Å². The molecule has 0 amide bonds. The van der Waals surface area contributed by atoms with Crippen molar-refractivity contribution in [1.82, 2.24) is 0 Å². The van der Waals surface area contributed by atoms with E-state index in [4.69, 9.17) is 26.9 Å². The number of hydrogen-bond donors (Lipinski definition) is 6. The lowest BCUT2D eigenvalue weighted by atomic mass is 10.1. The van der Waals surface area contributed by atoms with E-state index in [0.29, 0.717) is 0 Å². The maximum absolute atomic E-state index is 8.90. The van der Waals surface area contributed by atoms with Gasteiger partial charge in [-0.3, -0.25) is 5.40 Å². The molecule has 0 rings (SSSR count). The molecule has 0 aliphatic heterocycles. The summed E-state index contributed by atoms with van der Waals surface area (Å²) >= 11 is 0. The Hall–Kier alpha value is -0.690. The molecule has 6 heteroatoms. The van der Waals surface area contributed by atoms with Crippen molar-refractivity contribution >= 4 is 5.90 Å². The van der Waals surface area contributed by atoms with Crippen molar-refractivity contribution in [2.45, 2.75) is 18.3 Å². The van der Waals surface area contributed by atoms with E-state index in [1.54, 1.807) is 0 Å². The van der Waals surface area contributed by atoms with Crippen molar-refractivity contribution < 1.29 is 26.9 Å². The summed E-state index contributed by atoms with van der Waals surface area (Å²) in [6.45, 7) is -0.760. The summed E-state index contributed by atoms with van der Waals surface area (Å²) in [5, 5.41) is 45.9. The van der Waals surface area contributed by atoms with Crippen LogP contribution in [0.2, 0.25) is 1.41 Å². The van der Waals surface area contributed by atoms with Gasteiger partial charge >= 0.3 is 0 Å². The van der Waals surface area contributed by atoms with Crippen molar-refractivity contribution in [2.24, 2.45) is 0 Å². The third kappa shape index (κ3) is 2.81. The first-order chi connectivity index (χ1) is 5.54. The average molecular weight is 166 g/mol. The Morgan fingerprint density at radius 1 is 1.45 bits per heavy atom. The summed E-state index contributed by atoms with van der Waals surface area (Å²) in [6, 6.07) is 0. The molecular formula is C5H11NO5. The van der Waals surface area contributed by atoms with E-state index < -0.39 is 30.8 Å². The highest BCUT2D eigenvalue weighted by Crippen LogP contribution is 1.99. The molecule has 0 spiro atoms. The zero-order chi connectivity index (χ0) is 9.72. The van der Waals surface area contributed by atoms with Crippen LogP contribution in [0, 0.1) is 5.40 Å². The second-order valence-corrected chi connectivity index (χ2v) is 2.04. The number of aliphatic hydroxyl groups is 5. The molecule has 0 aromatic carbocycles. The quantitative estimate of drug-likeness (QED) is 0.205. The van der Waals surface area contributed by atoms with Gasteiger partial charge in [-0.2, -0.15) is 0 Å². The lowest BCUT2D eigenvalue weighted by Gasteiger charge is -2.18. The number of aliphatic hydroxyl groups excluding tert-OH is 5. The van der Waals surface area contributed by atoms with Crippen molar-refractivity contribution in [3.8, 4) is 0 Å². The lowest BCUT2D eigenvalue weighted by molar-refractivity contribution is -0.0594. The fraction of sp³-hybridized carbons (Fsp3) is 0.800. The molecule has 0 aromatic rings. The van der Waals surface area contributed by atoms with Gasteiger partial charge in [0.1, 0.15) is 12.2 Å². The molecule has 6 N–H and O–H groups in total. The second kappa shape index (κ2) is 4.24. The molecule has 11 heavy (non-hydrogen) atoms. The highest BCUT2D eigenvalue weighted by Gasteiger charge is 2.27. The van der Waals surface area contributed by atoms with Crippen molar-refractivity contribution in [3.63, 3.8) is 0 Å². The third-order valence-corrected chi connectivity index (χ3v) is 1.17. The molecule has 6 nitrogen and oxygen atoms in total. The van der Waals surface area contributed by atoms with E-state index >= 15 is 0 Å². The van der Waals surface area contributed by atoms with E-state index in [0.717, 1.165) is 0 Å². The van der Waals surface area contributed by atoms with Crippen LogP contribution in [0.5, 0.6) is 0 Å². The average Bonchev–Trinajstić information content (AvgIpc) is 2.12. The Morgan fingerprint density at radius 2 is 2.00 bits per heavy atom. The first-order valence-corrected chi connectivity index (χ1v) is 2.90. The summed E-state index contributed by atoms with van der Waals surface area (Å²) < 4.78 is 6.25. The summed E-state index contributed by atoms with van der Waals surface area (Å²) in [5.41, 5.74) is 0. The Morgan fingerprint density at radius 3 is 2.36 bits per heavy atom. The van der Waals surface area contributed by atoms with Crippen LogP contribution in [0.3, 0.4) is 0 Å². The minimum atomic E-state index is -1.86. The molecule has 0 saturated carbocycles. The zero-order valence-corrected chi connectivity index (χ0v) is 5.62. The van der Waals surface area contributed by atoms with Gasteiger partial charge in [0, 0.05) is 0 Å². The Labute approximate surface area is 64.3 Å². The van der Waals surface area contributed by atoms with Crippen LogP contribution in [-0.4, -0.2) is 56.3 Å². The van der Waals surface area contributed by atoms with Crippen LogP contribution in [-0.2, 0) is 0 Å². The van der Waals surface area contributed by atoms with Gasteiger partial charge in [-0.25, -0.2) is 0 Å². The predicted molar refractivity (Wildman–Crippen MR) is 35.5 cm³/mol. The molecule has 0 bridgehead atoms. The molecule has 0 aliphatic carbocycles. The first-order valence-electron chi connectivity index (χ1n) is 3.35. The first kappa shape index (κ1) is 8.41. The van der Waals surface area contributed by atoms with Crippen LogP contribution in [0.25, 0.3) is 0 Å². The fourth-order valence-corrected chi connectivity index (χ4v) is 0.471. The van der Waals surface area contributed by atoms with Gasteiger partial charge in [-0.1, -0.05) is 0 Å². The van der Waals surface area contributed by atoms with Crippen LogP contribution in [0.4, 0.5) is 0 Å². The lowest BCUT2D eigenvalue weighted by Crippen LogP contribution is -2.43. The van der Waals surface area contributed by atoms with Crippen LogP contribution < -0.4 is 0 Å². The Balaban J connectivity index is 4.18. The third-order valence-electron chi connectivity index (χ3n) is 1.17. The number of nitrogens with one attached hydrogen (secondary N) is 1. The predicted octanol–water partition coefficient (Wildman–Crippen LogP) is -2.40. The molecule has 0 unspecified atom stereocenters. The maximum Gasteiger partial charge on any atom is 0.210 e. The van der Waals surface area contributed by atoms with Gasteiger partial charge < -0.3 is 25.5 Å². The summed E-state index contributed by atoms with van der Waals surface area (Å²) in [5.74, 6) is -1.02. The molecule has 0 saturated heterocycles. The molecule has 0 aromatic heterocycles. The van der Waals surface area contributed by atoms with E-state index in [1.165, 1.54) is 0 Å². The largest absolute Gasteiger partial charge is 0.495 e. The molecular weight excluding hydrogens is 154 g/mol. The highest BCUT2D eigenvalue weighted by molar-refractivity contribution is 5.75. The van der Waals surface area contributed by atoms with Crippen LogP contribution >= 0.6 is 0 Å². The van der Waals surface area contributed by atoms with Crippen LogP contribution in [0.15, 0.2) is 0 Å². The van der Waals surface area contributed by atoms with E-state index in [9.17, 15) is 0 Å². The van der Waals surface area contributed by atoms with Gasteiger partial charge in [0.05, 0.1) is 6.61 Å². The second-order valence-electron chi connectivity index (χ2n) is 2.04. The normalized spacial score (nSPS) is 22.2. The van der Waals surface area contributed by atoms with Crippen molar-refractivity contribution in [1.29, 1.82) is 5.40 Å². The summed E-state index contributed by atoms with van der Waals surface area (Å²) in [7, 11) is 0. The molecule has 0 radical (unpaired) electrons. The monoisotopic (exact) mass is 166 g/mol. The number of hydrogen-bond acceptors (Lipinski definition) is 5. The SMILES string of the molecule is [2H]N=C(O)[C@@H](O)[C@@H](O)[C@H](O)CO. The summed E-state index contributed by atoms with van der Waals surface area (Å²) in [6.07, 6.45) is -5.20. The minimum Gasteiger partial charge on any atom is -0.495 e. The Bertz CT molecular complexity index is 164. The fourth-order valence-electron chi connectivity index (χ4n) is 0.471. The van der Waals surface area contributed by atoms with Gasteiger partial charge in [0.2, 0.25) is 5.90 Å². The minimum absolute atomic E-state index is 0.760. The zero-order valence-electron chi connectivity index (χ0n) is 6.62.